The van der Waals surface area contributed by atoms with Crippen molar-refractivity contribution in [2.75, 3.05) is 0 Å². The van der Waals surface area contributed by atoms with Gasteiger partial charge in [0.25, 0.3) is 0 Å². The quantitative estimate of drug-likeness (QED) is 0.517. The summed E-state index contributed by atoms with van der Waals surface area (Å²) in [5, 5.41) is 1.21. The summed E-state index contributed by atoms with van der Waals surface area (Å²) in [5.74, 6) is 0. The predicted molar refractivity (Wildman–Crippen MR) is 44.7 cm³/mol. The van der Waals surface area contributed by atoms with Crippen LogP contribution in [-0.2, 0) is 12.8 Å². The molecule has 0 saturated carbocycles. The minimum Gasteiger partial charge on any atom is -0.687 e. The molecule has 0 bridgehead atoms. The van der Waals surface area contributed by atoms with Gasteiger partial charge in [0.1, 0.15) is 0 Å². The molecule has 0 fully saturated rings. The molecule has 1 aromatic carbocycles. The van der Waals surface area contributed by atoms with Gasteiger partial charge in [-0.1, -0.05) is 18.2 Å². The van der Waals surface area contributed by atoms with Gasteiger partial charge in [-0.2, -0.15) is 0 Å². The molecule has 2 heteroatoms. The highest BCUT2D eigenvalue weighted by molar-refractivity contribution is 7.57. The number of hydrogen-bond acceptors (Lipinski definition) is 1. The van der Waals surface area contributed by atoms with Crippen LogP contribution in [0.2, 0.25) is 0 Å². The summed E-state index contributed by atoms with van der Waals surface area (Å²) in [7, 11) is 0. The fourth-order valence-corrected chi connectivity index (χ4v) is 1.28. The van der Waals surface area contributed by atoms with Gasteiger partial charge in [0.05, 0.1) is 0 Å². The largest absolute Gasteiger partial charge is 0.687 e. The van der Waals surface area contributed by atoms with Gasteiger partial charge in [-0.3, -0.25) is 0 Å². The molecule has 0 aliphatic heterocycles. The monoisotopic (exact) mass is 148 g/mol. The topological polar surface area (TPSA) is 4.93 Å². The van der Waals surface area contributed by atoms with E-state index in [9.17, 15) is 0 Å². The van der Waals surface area contributed by atoms with Crippen LogP contribution in [0.5, 0.6) is 0 Å². The molecule has 0 amide bonds. The van der Waals surface area contributed by atoms with Crippen LogP contribution in [0, 0.1) is 0 Å². The summed E-state index contributed by atoms with van der Waals surface area (Å²) in [4.78, 5) is 0. The van der Waals surface area contributed by atoms with E-state index >= 15 is 0 Å². The Morgan fingerprint density at radius 3 is 2.70 bits per heavy atom. The molecule has 0 unspecified atom stereocenters. The third-order valence-corrected chi connectivity index (χ3v) is 1.88. The SMILES string of the molecule is [S-]n1ccc2ccccc21. The summed E-state index contributed by atoms with van der Waals surface area (Å²) in [6.45, 7) is 0. The molecular weight excluding hydrogens is 142 g/mol. The van der Waals surface area contributed by atoms with Crippen LogP contribution in [0.4, 0.5) is 0 Å². The highest BCUT2D eigenvalue weighted by Crippen LogP contribution is 2.12. The van der Waals surface area contributed by atoms with Gasteiger partial charge in [0.2, 0.25) is 0 Å². The molecule has 50 valence electrons. The molecule has 0 spiro atoms. The van der Waals surface area contributed by atoms with Crippen LogP contribution >= 0.6 is 0 Å². The molecule has 0 aliphatic rings. The van der Waals surface area contributed by atoms with Gasteiger partial charge in [0.15, 0.2) is 0 Å². The van der Waals surface area contributed by atoms with Crippen molar-refractivity contribution < 1.29 is 0 Å². The van der Waals surface area contributed by atoms with Crippen molar-refractivity contribution in [2.45, 2.75) is 0 Å². The molecule has 1 nitrogen and oxygen atoms in total. The van der Waals surface area contributed by atoms with Crippen LogP contribution < -0.4 is 0 Å². The Bertz CT molecular complexity index is 351. The Morgan fingerprint density at radius 1 is 1.10 bits per heavy atom. The Labute approximate surface area is 64.8 Å². The van der Waals surface area contributed by atoms with Gasteiger partial charge < -0.3 is 16.8 Å². The van der Waals surface area contributed by atoms with E-state index in [0.29, 0.717) is 0 Å². The molecular formula is C8H6NS-. The fourth-order valence-electron chi connectivity index (χ4n) is 1.06. The van der Waals surface area contributed by atoms with E-state index in [-0.39, 0.29) is 0 Å². The highest BCUT2D eigenvalue weighted by atomic mass is 32.1. The van der Waals surface area contributed by atoms with Crippen LogP contribution in [0.15, 0.2) is 36.5 Å². The second-order valence-electron chi connectivity index (χ2n) is 2.20. The van der Waals surface area contributed by atoms with Crippen LogP contribution in [0.3, 0.4) is 0 Å². The number of para-hydroxylation sites is 1. The first-order valence-corrected chi connectivity index (χ1v) is 3.48. The van der Waals surface area contributed by atoms with Crippen molar-refractivity contribution in [1.29, 1.82) is 0 Å². The normalized spacial score (nSPS) is 10.4. The predicted octanol–water partition coefficient (Wildman–Crippen LogP) is 1.95. The lowest BCUT2D eigenvalue weighted by Crippen LogP contribution is -1.79. The van der Waals surface area contributed by atoms with Crippen molar-refractivity contribution in [1.82, 2.24) is 3.97 Å². The van der Waals surface area contributed by atoms with Crippen molar-refractivity contribution in [3.8, 4) is 0 Å². The molecule has 10 heavy (non-hydrogen) atoms. The lowest BCUT2D eigenvalue weighted by molar-refractivity contribution is 1.36. The number of fused-ring (bicyclic) bond motifs is 1. The van der Waals surface area contributed by atoms with Gasteiger partial charge in [-0.05, 0) is 23.7 Å². The van der Waals surface area contributed by atoms with Crippen LogP contribution in [-0.4, -0.2) is 3.97 Å². The number of benzene rings is 1. The zero-order valence-corrected chi connectivity index (χ0v) is 6.14. The van der Waals surface area contributed by atoms with E-state index in [1.54, 1.807) is 3.97 Å². The standard InChI is InChI=1S/C8H6NS/c10-9-6-5-7-3-1-2-4-8(7)9/h1-6H/q-1. The van der Waals surface area contributed by atoms with Crippen LogP contribution in [0.1, 0.15) is 0 Å². The first-order chi connectivity index (χ1) is 4.88. The average Bonchev–Trinajstić information content (AvgIpc) is 2.34. The minimum atomic E-state index is 1.11. The molecule has 2 rings (SSSR count). The first kappa shape index (κ1) is 5.74. The number of nitrogens with zero attached hydrogens (tertiary/aromatic N) is 1. The van der Waals surface area contributed by atoms with Gasteiger partial charge in [0, 0.05) is 5.52 Å². The second kappa shape index (κ2) is 1.99. The summed E-state index contributed by atoms with van der Waals surface area (Å²) in [6, 6.07) is 10.1. The van der Waals surface area contributed by atoms with Gasteiger partial charge >= 0.3 is 0 Å². The lowest BCUT2D eigenvalue weighted by Gasteiger charge is -2.06. The van der Waals surface area contributed by atoms with E-state index in [1.165, 1.54) is 5.39 Å². The molecule has 1 heterocycles. The number of rotatable bonds is 0. The maximum absolute atomic E-state index is 5.00. The Morgan fingerprint density at radius 2 is 1.90 bits per heavy atom. The Kier molecular flexibility index (Phi) is 1.14. The maximum atomic E-state index is 5.00. The average molecular weight is 148 g/mol. The van der Waals surface area contributed by atoms with Crippen LogP contribution in [0.25, 0.3) is 10.9 Å². The van der Waals surface area contributed by atoms with Crippen molar-refractivity contribution in [3.63, 3.8) is 0 Å². The molecule has 0 saturated heterocycles. The maximum Gasteiger partial charge on any atom is 0.0287 e. The van der Waals surface area contributed by atoms with Crippen molar-refractivity contribution in [3.05, 3.63) is 36.5 Å². The third-order valence-electron chi connectivity index (χ3n) is 1.56. The summed E-state index contributed by atoms with van der Waals surface area (Å²) in [5.41, 5.74) is 1.11. The Hall–Kier alpha value is -1.02. The zero-order chi connectivity index (χ0) is 6.97. The van der Waals surface area contributed by atoms with Gasteiger partial charge in [-0.25, -0.2) is 0 Å². The summed E-state index contributed by atoms with van der Waals surface area (Å²) >= 11 is 5.00. The molecule has 0 N–H and O–H groups in total. The number of hydrogen-bond donors (Lipinski definition) is 0. The van der Waals surface area contributed by atoms with Crippen molar-refractivity contribution in [2.24, 2.45) is 0 Å². The number of aromatic nitrogens is 1. The van der Waals surface area contributed by atoms with E-state index in [4.69, 9.17) is 12.8 Å². The smallest absolute Gasteiger partial charge is 0.0287 e. The second-order valence-corrected chi connectivity index (χ2v) is 2.59. The molecule has 1 aromatic heterocycles. The molecule has 0 atom stereocenters. The zero-order valence-electron chi connectivity index (χ0n) is 5.32. The third kappa shape index (κ3) is 0.693. The minimum absolute atomic E-state index is 1.11. The van der Waals surface area contributed by atoms with E-state index in [1.807, 2.05) is 30.5 Å². The molecule has 0 radical (unpaired) electrons. The summed E-state index contributed by atoms with van der Waals surface area (Å²) < 4.78 is 1.70. The van der Waals surface area contributed by atoms with Gasteiger partial charge in [-0.15, -0.1) is 0 Å². The highest BCUT2D eigenvalue weighted by Gasteiger charge is 1.88. The molecule has 2 aromatic rings. The van der Waals surface area contributed by atoms with E-state index in [0.717, 1.165) is 5.52 Å². The van der Waals surface area contributed by atoms with Crippen molar-refractivity contribution >= 4 is 23.7 Å². The van der Waals surface area contributed by atoms with E-state index in [2.05, 4.69) is 6.07 Å². The Balaban J connectivity index is 2.93. The fraction of sp³-hybridized carbons (Fsp3) is 0. The lowest BCUT2D eigenvalue weighted by atomic mass is 10.3. The first-order valence-electron chi connectivity index (χ1n) is 3.11. The molecule has 0 aliphatic carbocycles. The summed E-state index contributed by atoms with van der Waals surface area (Å²) in [6.07, 6.45) is 1.89. The van der Waals surface area contributed by atoms with E-state index < -0.39 is 0 Å².